The Morgan fingerprint density at radius 1 is 1.38 bits per heavy atom. The van der Waals surface area contributed by atoms with Gasteiger partial charge >= 0.3 is 0 Å². The number of hydrogen-bond donors (Lipinski definition) is 0. The third-order valence-corrected chi connectivity index (χ3v) is 0. The van der Waals surface area contributed by atoms with Crippen molar-refractivity contribution in [2.75, 3.05) is 0 Å². The zero-order valence-corrected chi connectivity index (χ0v) is 4.72. The zero-order valence-electron chi connectivity index (χ0n) is 3.24. The van der Waals surface area contributed by atoms with Crippen LogP contribution in [0.15, 0.2) is 5.34 Å². The molecule has 1 radical (unpaired) electrons. The summed E-state index contributed by atoms with van der Waals surface area (Å²) in [6, 6.07) is 0. The summed E-state index contributed by atoms with van der Waals surface area (Å²) in [4.78, 5) is 16.2. The van der Waals surface area contributed by atoms with Gasteiger partial charge in [0.15, 0.2) is 0 Å². The van der Waals surface area contributed by atoms with Crippen molar-refractivity contribution in [1.82, 2.24) is 0 Å². The predicted octanol–water partition coefficient (Wildman–Crippen LogP) is 0.00900. The molecule has 53 valence electrons. The van der Waals surface area contributed by atoms with Gasteiger partial charge < -0.3 is 25.4 Å². The van der Waals surface area contributed by atoms with E-state index in [1.807, 2.05) is 0 Å². The van der Waals surface area contributed by atoms with E-state index in [1.54, 1.807) is 0 Å². The molecule has 0 N–H and O–H groups in total. The summed E-state index contributed by atoms with van der Waals surface area (Å²) in [5.41, 5.74) is 0. The third-order valence-electron chi connectivity index (χ3n) is 0. The van der Waals surface area contributed by atoms with Crippen molar-refractivity contribution < 1.29 is 27.5 Å². The SMILES string of the molecule is O=N[O-].O=[N+]([O-])[O-].[Ag]. The van der Waals surface area contributed by atoms with Crippen LogP contribution in [0.3, 0.4) is 0 Å². The van der Waals surface area contributed by atoms with Gasteiger partial charge in [-0.3, -0.25) is 0 Å². The fourth-order valence-electron chi connectivity index (χ4n) is 0. The van der Waals surface area contributed by atoms with Crippen LogP contribution in [0.4, 0.5) is 0 Å². The maximum Gasteiger partial charge on any atom is 0.0689 e. The Hall–Kier alpha value is -0.660. The average molecular weight is 216 g/mol. The minimum atomic E-state index is -1.75. The molecule has 0 amide bonds. The van der Waals surface area contributed by atoms with Crippen LogP contribution < -0.4 is 0 Å². The second-order valence-corrected chi connectivity index (χ2v) is 0.298. The largest absolute Gasteiger partial charge is 0.444 e. The van der Waals surface area contributed by atoms with Crippen molar-refractivity contribution in [1.29, 1.82) is 0 Å². The molecule has 0 aliphatic rings. The van der Waals surface area contributed by atoms with Crippen molar-refractivity contribution in [2.45, 2.75) is 0 Å². The van der Waals surface area contributed by atoms with E-state index >= 15 is 0 Å². The molecule has 0 aromatic rings. The van der Waals surface area contributed by atoms with E-state index in [0.29, 0.717) is 0 Å². The Morgan fingerprint density at radius 3 is 1.38 bits per heavy atom. The van der Waals surface area contributed by atoms with E-state index in [-0.39, 0.29) is 22.4 Å². The van der Waals surface area contributed by atoms with Gasteiger partial charge in [-0.25, -0.2) is 0 Å². The van der Waals surface area contributed by atoms with Crippen LogP contribution in [0, 0.1) is 25.4 Å². The average Bonchev–Trinajstić information content (AvgIpc) is 1.33. The first-order chi connectivity index (χ1) is 3.15. The summed E-state index contributed by atoms with van der Waals surface area (Å²) < 4.78 is 0. The van der Waals surface area contributed by atoms with Gasteiger partial charge in [0.25, 0.3) is 0 Å². The van der Waals surface area contributed by atoms with Gasteiger partial charge in [0, 0.05) is 22.4 Å². The van der Waals surface area contributed by atoms with Crippen LogP contribution in [0.25, 0.3) is 0 Å². The second-order valence-electron chi connectivity index (χ2n) is 0.298. The molecular weight excluding hydrogens is 216 g/mol. The van der Waals surface area contributed by atoms with Crippen LogP contribution in [-0.2, 0) is 22.4 Å². The quantitative estimate of drug-likeness (QED) is 0.244. The molecule has 0 saturated carbocycles. The van der Waals surface area contributed by atoms with E-state index in [0.717, 1.165) is 5.34 Å². The van der Waals surface area contributed by atoms with Gasteiger partial charge in [-0.2, -0.15) is 0 Å². The molecule has 0 aliphatic carbocycles. The van der Waals surface area contributed by atoms with Crippen LogP contribution in [0.1, 0.15) is 0 Å². The molecule has 7 nitrogen and oxygen atoms in total. The number of rotatable bonds is 0. The molecule has 8 heavy (non-hydrogen) atoms. The monoisotopic (exact) mass is 215 g/mol. The Labute approximate surface area is 58.9 Å². The van der Waals surface area contributed by atoms with Crippen LogP contribution in [0.5, 0.6) is 0 Å². The van der Waals surface area contributed by atoms with Gasteiger partial charge in [0.2, 0.25) is 0 Å². The molecule has 0 aliphatic heterocycles. The first-order valence-corrected chi connectivity index (χ1v) is 0.913. The molecule has 0 saturated heterocycles. The van der Waals surface area contributed by atoms with Crippen molar-refractivity contribution in [3.63, 3.8) is 0 Å². The van der Waals surface area contributed by atoms with Gasteiger partial charge in [-0.05, 0) is 0 Å². The molecule has 0 fully saturated rings. The summed E-state index contributed by atoms with van der Waals surface area (Å²) in [6.07, 6.45) is 0. The molecular formula is AgN2O5-2. The van der Waals surface area contributed by atoms with E-state index < -0.39 is 5.09 Å². The molecule has 0 aromatic heterocycles. The molecule has 0 heterocycles. The molecule has 0 spiro atoms. The van der Waals surface area contributed by atoms with Crippen molar-refractivity contribution in [3.8, 4) is 0 Å². The normalized spacial score (nSPS) is 4.50. The maximum atomic E-state index is 8.25. The van der Waals surface area contributed by atoms with Crippen LogP contribution >= 0.6 is 0 Å². The second kappa shape index (κ2) is 16.2. The zero-order chi connectivity index (χ0) is 6.28. The smallest absolute Gasteiger partial charge is 0.0689 e. The molecule has 0 aromatic carbocycles. The molecule has 0 bridgehead atoms. The summed E-state index contributed by atoms with van der Waals surface area (Å²) >= 11 is 0. The van der Waals surface area contributed by atoms with Gasteiger partial charge in [-0.1, -0.05) is 0 Å². The fraction of sp³-hybridized carbons (Fsp3) is 0. The van der Waals surface area contributed by atoms with Crippen LogP contribution in [-0.4, -0.2) is 5.09 Å². The minimum Gasteiger partial charge on any atom is -0.444 e. The number of hydrogen-bond acceptors (Lipinski definition) is 6. The first-order valence-electron chi connectivity index (χ1n) is 0.913. The maximum absolute atomic E-state index is 8.25. The summed E-state index contributed by atoms with van der Waals surface area (Å²) in [5.74, 6) is 0. The summed E-state index contributed by atoms with van der Waals surface area (Å²) in [7, 11) is 0. The molecule has 0 rings (SSSR count). The van der Waals surface area contributed by atoms with Crippen molar-refractivity contribution >= 4 is 0 Å². The van der Waals surface area contributed by atoms with E-state index in [9.17, 15) is 0 Å². The predicted molar refractivity (Wildman–Crippen MR) is 19.5 cm³/mol. The summed E-state index contributed by atoms with van der Waals surface area (Å²) in [6.45, 7) is 0. The number of nitrogens with zero attached hydrogens (tertiary/aromatic N) is 2. The van der Waals surface area contributed by atoms with Crippen molar-refractivity contribution in [2.24, 2.45) is 5.34 Å². The summed E-state index contributed by atoms with van der Waals surface area (Å²) in [5, 5.41) is 23.8. The van der Waals surface area contributed by atoms with Crippen LogP contribution in [0.2, 0.25) is 0 Å². The fourth-order valence-corrected chi connectivity index (χ4v) is 0. The molecule has 0 atom stereocenters. The van der Waals surface area contributed by atoms with Gasteiger partial charge in [0.1, 0.15) is 0 Å². The Bertz CT molecular complexity index is 57.4. The topological polar surface area (TPSA) is 119 Å². The van der Waals surface area contributed by atoms with E-state index in [1.165, 1.54) is 0 Å². The van der Waals surface area contributed by atoms with Gasteiger partial charge in [0.05, 0.1) is 5.09 Å². The molecule has 0 unspecified atom stereocenters. The molecule has 8 heteroatoms. The Morgan fingerprint density at radius 2 is 1.38 bits per heavy atom. The van der Waals surface area contributed by atoms with Crippen molar-refractivity contribution in [3.05, 3.63) is 25.4 Å². The Kier molecular flexibility index (Phi) is 31.7. The van der Waals surface area contributed by atoms with Gasteiger partial charge in [-0.15, -0.1) is 5.34 Å². The standard InChI is InChI=1S/Ag.NO3.HNO2/c;2-1(3)4;2-1-3/h;;(H,2,3)/q;-1;/p-1. The van der Waals surface area contributed by atoms with E-state index in [4.69, 9.17) is 25.4 Å². The third kappa shape index (κ3) is 231. The Balaban J connectivity index is -0.0000000575. The van der Waals surface area contributed by atoms with E-state index in [2.05, 4.69) is 0 Å². The first kappa shape index (κ1) is 15.7. The minimum absolute atomic E-state index is 0.